The van der Waals surface area contributed by atoms with Gasteiger partial charge < -0.3 is 25.0 Å². The minimum absolute atomic E-state index is 0. The van der Waals surface area contributed by atoms with E-state index in [1.165, 1.54) is 5.56 Å². The van der Waals surface area contributed by atoms with Crippen LogP contribution in [-0.2, 0) is 11.2 Å². The highest BCUT2D eigenvalue weighted by molar-refractivity contribution is 14.0. The van der Waals surface area contributed by atoms with E-state index in [9.17, 15) is 4.79 Å². The fourth-order valence-electron chi connectivity index (χ4n) is 3.30. The lowest BCUT2D eigenvalue weighted by molar-refractivity contribution is 0.0187. The number of piperidine rings is 1. The zero-order valence-electron chi connectivity index (χ0n) is 19.6. The summed E-state index contributed by atoms with van der Waals surface area (Å²) < 4.78 is 10.7. The third-order valence-electron chi connectivity index (χ3n) is 4.98. The molecule has 2 N–H and O–H groups in total. The number of aliphatic imine (C=N–C) groups is 1. The summed E-state index contributed by atoms with van der Waals surface area (Å²) >= 11 is 0. The summed E-state index contributed by atoms with van der Waals surface area (Å²) in [6.45, 7) is 11.6. The van der Waals surface area contributed by atoms with Gasteiger partial charge in [0.2, 0.25) is 0 Å². The Labute approximate surface area is 204 Å². The first-order valence-corrected chi connectivity index (χ1v) is 10.9. The number of rotatable bonds is 7. The van der Waals surface area contributed by atoms with Gasteiger partial charge in [0.1, 0.15) is 11.4 Å². The van der Waals surface area contributed by atoms with Crippen molar-refractivity contribution in [2.24, 2.45) is 10.9 Å². The second-order valence-electron chi connectivity index (χ2n) is 8.66. The molecular weight excluding hydrogens is 507 g/mol. The van der Waals surface area contributed by atoms with Crippen molar-refractivity contribution >= 4 is 36.0 Å². The molecule has 0 radical (unpaired) electrons. The Morgan fingerprint density at radius 2 is 1.81 bits per heavy atom. The lowest BCUT2D eigenvalue weighted by atomic mass is 9.97. The monoisotopic (exact) mass is 546 g/mol. The van der Waals surface area contributed by atoms with Gasteiger partial charge in [-0.15, -0.1) is 24.0 Å². The fraction of sp³-hybridized carbons (Fsp3) is 0.652. The van der Waals surface area contributed by atoms with Gasteiger partial charge in [-0.05, 0) is 70.6 Å². The Morgan fingerprint density at radius 1 is 1.16 bits per heavy atom. The van der Waals surface area contributed by atoms with Crippen molar-refractivity contribution in [3.05, 3.63) is 29.8 Å². The van der Waals surface area contributed by atoms with Crippen LogP contribution in [0, 0.1) is 5.92 Å². The zero-order chi connectivity index (χ0) is 22.0. The number of hydrogen-bond donors (Lipinski definition) is 2. The van der Waals surface area contributed by atoms with Crippen LogP contribution in [0.25, 0.3) is 0 Å². The first kappa shape index (κ1) is 27.3. The Bertz CT molecular complexity index is 681. The Hall–Kier alpha value is -1.71. The van der Waals surface area contributed by atoms with E-state index in [2.05, 4.69) is 29.7 Å². The normalized spacial score (nSPS) is 15.1. The number of amides is 1. The largest absolute Gasteiger partial charge is 0.497 e. The smallest absolute Gasteiger partial charge is 0.410 e. The summed E-state index contributed by atoms with van der Waals surface area (Å²) in [5, 5.41) is 6.73. The average Bonchev–Trinajstić information content (AvgIpc) is 2.71. The number of nitrogens with zero attached hydrogens (tertiary/aromatic N) is 2. The maximum Gasteiger partial charge on any atom is 0.410 e. The molecule has 1 amide bonds. The van der Waals surface area contributed by atoms with Crippen LogP contribution in [0.2, 0.25) is 0 Å². The van der Waals surface area contributed by atoms with Crippen LogP contribution in [0.1, 0.15) is 46.1 Å². The van der Waals surface area contributed by atoms with Gasteiger partial charge in [0.25, 0.3) is 0 Å². The molecule has 176 valence electrons. The van der Waals surface area contributed by atoms with Crippen LogP contribution in [0.3, 0.4) is 0 Å². The van der Waals surface area contributed by atoms with Crippen molar-refractivity contribution < 1.29 is 14.3 Å². The predicted molar refractivity (Wildman–Crippen MR) is 137 cm³/mol. The molecule has 1 aliphatic rings. The maximum atomic E-state index is 12.2. The number of benzene rings is 1. The number of guanidine groups is 1. The minimum Gasteiger partial charge on any atom is -0.497 e. The highest BCUT2D eigenvalue weighted by Gasteiger charge is 2.26. The van der Waals surface area contributed by atoms with Gasteiger partial charge in [0.05, 0.1) is 7.11 Å². The quantitative estimate of drug-likeness (QED) is 0.307. The van der Waals surface area contributed by atoms with Crippen LogP contribution < -0.4 is 15.4 Å². The van der Waals surface area contributed by atoms with Crippen molar-refractivity contribution in [1.29, 1.82) is 0 Å². The van der Waals surface area contributed by atoms with Crippen molar-refractivity contribution in [1.82, 2.24) is 15.5 Å². The van der Waals surface area contributed by atoms with E-state index in [0.29, 0.717) is 5.92 Å². The van der Waals surface area contributed by atoms with Gasteiger partial charge in [-0.2, -0.15) is 0 Å². The molecule has 0 atom stereocenters. The summed E-state index contributed by atoms with van der Waals surface area (Å²) in [5.74, 6) is 2.21. The summed E-state index contributed by atoms with van der Waals surface area (Å²) in [6.07, 6.45) is 2.61. The van der Waals surface area contributed by atoms with Gasteiger partial charge in [-0.3, -0.25) is 4.99 Å². The van der Waals surface area contributed by atoms with E-state index in [-0.39, 0.29) is 30.1 Å². The van der Waals surface area contributed by atoms with E-state index >= 15 is 0 Å². The number of carbonyl (C=O) groups is 1. The van der Waals surface area contributed by atoms with E-state index < -0.39 is 5.60 Å². The predicted octanol–water partition coefficient (Wildman–Crippen LogP) is 4.06. The summed E-state index contributed by atoms with van der Waals surface area (Å²) in [6, 6.07) is 8.14. The van der Waals surface area contributed by atoms with Gasteiger partial charge in [-0.1, -0.05) is 12.1 Å². The highest BCUT2D eigenvalue weighted by atomic mass is 127. The first-order chi connectivity index (χ1) is 14.3. The maximum absolute atomic E-state index is 12.2. The Balaban J connectivity index is 0.00000480. The first-order valence-electron chi connectivity index (χ1n) is 10.9. The van der Waals surface area contributed by atoms with Crippen molar-refractivity contribution in [3.63, 3.8) is 0 Å². The van der Waals surface area contributed by atoms with Gasteiger partial charge in [0.15, 0.2) is 5.96 Å². The number of hydrogen-bond acceptors (Lipinski definition) is 4. The number of likely N-dealkylation sites (tertiary alicyclic amines) is 1. The van der Waals surface area contributed by atoms with Crippen LogP contribution in [-0.4, -0.2) is 62.4 Å². The number of nitrogens with one attached hydrogen (secondary N) is 2. The molecule has 1 fully saturated rings. The molecule has 7 nitrogen and oxygen atoms in total. The zero-order valence-corrected chi connectivity index (χ0v) is 21.9. The second kappa shape index (κ2) is 13.6. The highest BCUT2D eigenvalue weighted by Crippen LogP contribution is 2.20. The molecule has 0 bridgehead atoms. The summed E-state index contributed by atoms with van der Waals surface area (Å²) in [4.78, 5) is 18.8. The lowest BCUT2D eigenvalue weighted by Crippen LogP contribution is -2.42. The van der Waals surface area contributed by atoms with E-state index in [1.54, 1.807) is 7.11 Å². The SMILES string of the molecule is CCNC(=NCC1CCN(C(=O)OC(C)(C)C)CC1)NCCc1ccc(OC)cc1.I. The molecule has 0 saturated carbocycles. The van der Waals surface area contributed by atoms with Gasteiger partial charge >= 0.3 is 6.09 Å². The van der Waals surface area contributed by atoms with Crippen molar-refractivity contribution in [2.75, 3.05) is 39.8 Å². The third-order valence-corrected chi connectivity index (χ3v) is 4.98. The average molecular weight is 546 g/mol. The van der Waals surface area contributed by atoms with E-state index in [0.717, 1.165) is 63.7 Å². The number of methoxy groups -OCH3 is 1. The van der Waals surface area contributed by atoms with Gasteiger partial charge in [-0.25, -0.2) is 4.79 Å². The summed E-state index contributed by atoms with van der Waals surface area (Å²) in [7, 11) is 1.68. The molecule has 1 heterocycles. The van der Waals surface area contributed by atoms with Gasteiger partial charge in [0, 0.05) is 32.7 Å². The Kier molecular flexibility index (Phi) is 12.0. The minimum atomic E-state index is -0.448. The number of carbonyl (C=O) groups excluding carboxylic acids is 1. The topological polar surface area (TPSA) is 75.2 Å². The molecule has 0 aliphatic carbocycles. The van der Waals surface area contributed by atoms with Crippen molar-refractivity contribution in [3.8, 4) is 5.75 Å². The van der Waals surface area contributed by atoms with Crippen LogP contribution >= 0.6 is 24.0 Å². The molecule has 2 rings (SSSR count). The van der Waals surface area contributed by atoms with E-state index in [4.69, 9.17) is 14.5 Å². The van der Waals surface area contributed by atoms with Crippen molar-refractivity contribution in [2.45, 2.75) is 52.6 Å². The van der Waals surface area contributed by atoms with Crippen LogP contribution in [0.15, 0.2) is 29.3 Å². The molecule has 1 aliphatic heterocycles. The lowest BCUT2D eigenvalue weighted by Gasteiger charge is -2.33. The second-order valence-corrected chi connectivity index (χ2v) is 8.66. The molecule has 8 heteroatoms. The molecule has 1 aromatic rings. The molecule has 0 spiro atoms. The fourth-order valence-corrected chi connectivity index (χ4v) is 3.30. The molecule has 1 saturated heterocycles. The number of halogens is 1. The van der Waals surface area contributed by atoms with Crippen LogP contribution in [0.5, 0.6) is 5.75 Å². The molecule has 1 aromatic carbocycles. The molecular formula is C23H39IN4O3. The number of ether oxygens (including phenoxy) is 2. The van der Waals surface area contributed by atoms with E-state index in [1.807, 2.05) is 37.8 Å². The standard InChI is InChI=1S/C23H38N4O3.HI/c1-6-24-21(25-14-11-18-7-9-20(29-5)10-8-18)26-17-19-12-15-27(16-13-19)22(28)30-23(2,3)4;/h7-10,19H,6,11-17H2,1-5H3,(H2,24,25,26);1H. The molecule has 0 unspecified atom stereocenters. The summed E-state index contributed by atoms with van der Waals surface area (Å²) in [5.41, 5.74) is 0.810. The molecule has 31 heavy (non-hydrogen) atoms. The van der Waals surface area contributed by atoms with Crippen LogP contribution in [0.4, 0.5) is 4.79 Å². The molecule has 0 aromatic heterocycles. The Morgan fingerprint density at radius 3 is 2.35 bits per heavy atom. The third kappa shape index (κ3) is 10.4.